The number of hydrogen-bond donors (Lipinski definition) is 0. The van der Waals surface area contributed by atoms with Gasteiger partial charge in [-0.1, -0.05) is 97.3 Å². The van der Waals surface area contributed by atoms with Crippen LogP contribution in [0, 0.1) is 38.8 Å². The molecule has 3 aromatic heterocycles. The van der Waals surface area contributed by atoms with Gasteiger partial charge in [-0.05, 0) is 102 Å². The minimum atomic E-state index is -0.137. The smallest absolute Gasteiger partial charge is 0.509 e. The second-order valence-electron chi connectivity index (χ2n) is 17.1. The van der Waals surface area contributed by atoms with E-state index in [1.165, 1.54) is 33.5 Å². The summed E-state index contributed by atoms with van der Waals surface area (Å²) in [6.07, 6.45) is 3.87. The number of rotatable bonds is 8. The van der Waals surface area contributed by atoms with Crippen LogP contribution >= 0.6 is 0 Å². The van der Waals surface area contributed by atoms with Gasteiger partial charge in [-0.15, -0.1) is 41.3 Å². The number of aryl methyl sites for hydroxylation is 3. The van der Waals surface area contributed by atoms with Crippen LogP contribution in [0.5, 0.6) is 11.5 Å². The molecular formula is C48H52N4OPd. The van der Waals surface area contributed by atoms with Crippen LogP contribution in [0.2, 0.25) is 0 Å². The van der Waals surface area contributed by atoms with Crippen molar-refractivity contribution in [3.05, 3.63) is 131 Å². The Morgan fingerprint density at radius 2 is 1.43 bits per heavy atom. The summed E-state index contributed by atoms with van der Waals surface area (Å²) in [4.78, 5) is 4.86. The molecule has 7 rings (SSSR count). The van der Waals surface area contributed by atoms with Gasteiger partial charge >= 0.3 is 20.4 Å². The van der Waals surface area contributed by atoms with Crippen molar-refractivity contribution >= 4 is 21.8 Å². The summed E-state index contributed by atoms with van der Waals surface area (Å²) >= 11 is 0. The Kier molecular flexibility index (Phi) is 10.9. The number of aromatic nitrogens is 4. The van der Waals surface area contributed by atoms with Gasteiger partial charge in [-0.2, -0.15) is 11.2 Å². The number of pyridine rings is 1. The Morgan fingerprint density at radius 1 is 0.722 bits per heavy atom. The van der Waals surface area contributed by atoms with E-state index in [0.29, 0.717) is 17.4 Å². The number of benzene rings is 4. The summed E-state index contributed by atoms with van der Waals surface area (Å²) in [5.41, 5.74) is 12.4. The quantitative estimate of drug-likeness (QED) is 0.113. The summed E-state index contributed by atoms with van der Waals surface area (Å²) in [6, 6.07) is 35.1. The summed E-state index contributed by atoms with van der Waals surface area (Å²) in [7, 11) is 0. The van der Waals surface area contributed by atoms with Crippen LogP contribution in [0.1, 0.15) is 95.5 Å². The van der Waals surface area contributed by atoms with Crippen molar-refractivity contribution in [2.45, 2.75) is 99.8 Å². The van der Waals surface area contributed by atoms with E-state index in [2.05, 4.69) is 170 Å². The fourth-order valence-corrected chi connectivity index (χ4v) is 7.39. The van der Waals surface area contributed by atoms with Crippen LogP contribution in [-0.2, 0) is 37.7 Å². The van der Waals surface area contributed by atoms with Gasteiger partial charge in [0.15, 0.2) is 0 Å². The standard InChI is InChI=1S/C48H52N4O.Pd/c1-30(2)19-22-42-46(45-31(3)15-14-16-32(45)4)33(5)50-52(42)36-25-35(48(9,10)11)26-38(28-36)53-37-20-21-40-39-17-12-13-18-41(39)51(43(40)29-37)44-27-34(23-24-49-44)47(6,7)8;/h12-18,20-21,23-27,30H,19,22H2,1-11H3;/q-2;+2. The van der Waals surface area contributed by atoms with Gasteiger partial charge in [0.2, 0.25) is 0 Å². The molecule has 0 spiro atoms. The number of hydrogen-bond acceptors (Lipinski definition) is 3. The first-order chi connectivity index (χ1) is 25.1. The van der Waals surface area contributed by atoms with Crippen molar-refractivity contribution in [1.29, 1.82) is 0 Å². The Balaban J connectivity index is 0.00000497. The average molecular weight is 807 g/mol. The normalized spacial score (nSPS) is 12.1. The first kappa shape index (κ1) is 39.2. The van der Waals surface area contributed by atoms with E-state index >= 15 is 0 Å². The molecule has 0 aliphatic carbocycles. The van der Waals surface area contributed by atoms with Gasteiger partial charge in [0.25, 0.3) is 0 Å². The molecule has 0 bridgehead atoms. The number of para-hydroxylation sites is 1. The average Bonchev–Trinajstić information content (AvgIpc) is 3.60. The summed E-state index contributed by atoms with van der Waals surface area (Å²) in [5.74, 6) is 2.67. The molecule has 54 heavy (non-hydrogen) atoms. The van der Waals surface area contributed by atoms with E-state index in [0.717, 1.165) is 57.4 Å². The predicted molar refractivity (Wildman–Crippen MR) is 220 cm³/mol. The Morgan fingerprint density at radius 3 is 2.11 bits per heavy atom. The maximum atomic E-state index is 6.76. The number of fused-ring (bicyclic) bond motifs is 3. The molecule has 0 saturated heterocycles. The van der Waals surface area contributed by atoms with Crippen LogP contribution < -0.4 is 4.74 Å². The molecule has 0 aliphatic heterocycles. The maximum absolute atomic E-state index is 6.76. The van der Waals surface area contributed by atoms with E-state index in [-0.39, 0.29) is 31.3 Å². The summed E-state index contributed by atoms with van der Waals surface area (Å²) in [5, 5.41) is 7.49. The van der Waals surface area contributed by atoms with Crippen molar-refractivity contribution in [2.75, 3.05) is 0 Å². The van der Waals surface area contributed by atoms with E-state index in [1.54, 1.807) is 0 Å². The maximum Gasteiger partial charge on any atom is 2.00 e. The van der Waals surface area contributed by atoms with Crippen LogP contribution in [0.4, 0.5) is 0 Å². The molecule has 0 saturated carbocycles. The molecule has 0 amide bonds. The zero-order chi connectivity index (χ0) is 37.8. The van der Waals surface area contributed by atoms with Crippen molar-refractivity contribution < 1.29 is 25.2 Å². The Labute approximate surface area is 335 Å². The van der Waals surface area contributed by atoms with Crippen molar-refractivity contribution in [2.24, 2.45) is 5.92 Å². The number of ether oxygens (including phenoxy) is 1. The summed E-state index contributed by atoms with van der Waals surface area (Å²) in [6.45, 7) is 24.5. The molecule has 6 heteroatoms. The third-order valence-corrected chi connectivity index (χ3v) is 10.4. The van der Waals surface area contributed by atoms with Crippen LogP contribution in [0.25, 0.3) is 44.4 Å². The van der Waals surface area contributed by atoms with Crippen LogP contribution in [0.15, 0.2) is 85.1 Å². The van der Waals surface area contributed by atoms with Gasteiger partial charge in [-0.3, -0.25) is 4.68 Å². The molecule has 4 aromatic carbocycles. The molecule has 3 heterocycles. The van der Waals surface area contributed by atoms with E-state index in [9.17, 15) is 0 Å². The van der Waals surface area contributed by atoms with Crippen molar-refractivity contribution in [1.82, 2.24) is 19.3 Å². The van der Waals surface area contributed by atoms with E-state index < -0.39 is 0 Å². The van der Waals surface area contributed by atoms with Gasteiger partial charge < -0.3 is 9.30 Å². The third kappa shape index (κ3) is 7.57. The van der Waals surface area contributed by atoms with Crippen LogP contribution in [0.3, 0.4) is 0 Å². The Bertz CT molecular complexity index is 2450. The van der Waals surface area contributed by atoms with Crippen LogP contribution in [-0.4, -0.2) is 19.3 Å². The largest absolute Gasteiger partial charge is 2.00 e. The fourth-order valence-electron chi connectivity index (χ4n) is 7.39. The monoisotopic (exact) mass is 806 g/mol. The second kappa shape index (κ2) is 15.0. The molecule has 5 nitrogen and oxygen atoms in total. The minimum absolute atomic E-state index is 0. The topological polar surface area (TPSA) is 44.9 Å². The first-order valence-electron chi connectivity index (χ1n) is 18.9. The molecule has 0 fully saturated rings. The molecule has 7 aromatic rings. The molecule has 0 unspecified atom stereocenters. The van der Waals surface area contributed by atoms with Gasteiger partial charge in [0.05, 0.1) is 5.69 Å². The predicted octanol–water partition coefficient (Wildman–Crippen LogP) is 12.5. The second-order valence-corrected chi connectivity index (χ2v) is 17.1. The fraction of sp³-hybridized carbons (Fsp3) is 0.333. The minimum Gasteiger partial charge on any atom is -0.509 e. The molecule has 280 valence electrons. The summed E-state index contributed by atoms with van der Waals surface area (Å²) < 4.78 is 11.1. The zero-order valence-electron chi connectivity index (χ0n) is 33.6. The first-order valence-corrected chi connectivity index (χ1v) is 18.9. The third-order valence-electron chi connectivity index (χ3n) is 10.4. The zero-order valence-corrected chi connectivity index (χ0v) is 35.1. The molecular weight excluding hydrogens is 755 g/mol. The molecule has 0 N–H and O–H groups in total. The molecule has 0 aliphatic rings. The van der Waals surface area contributed by atoms with Gasteiger partial charge in [0.1, 0.15) is 5.82 Å². The number of nitrogens with zero attached hydrogens (tertiary/aromatic N) is 4. The molecule has 0 radical (unpaired) electrons. The Hall–Kier alpha value is -4.50. The SMILES string of the molecule is Cc1cccc(C)c1-c1c(C)nn(-c2[c-]c(Oc3[c-]c4c(cc3)c3ccccc3n4-c3cc(C(C)(C)C)ccn3)cc(C(C)(C)C)c2)c1CCC(C)C.[Pd+2]. The molecule has 0 atom stereocenters. The van der Waals surface area contributed by atoms with E-state index in [4.69, 9.17) is 14.8 Å². The van der Waals surface area contributed by atoms with Gasteiger partial charge in [-0.25, -0.2) is 4.98 Å². The van der Waals surface area contributed by atoms with E-state index in [1.807, 2.05) is 12.3 Å². The van der Waals surface area contributed by atoms with Crippen molar-refractivity contribution in [3.8, 4) is 34.1 Å². The van der Waals surface area contributed by atoms with Gasteiger partial charge in [0, 0.05) is 34.5 Å². The van der Waals surface area contributed by atoms with Crippen molar-refractivity contribution in [3.63, 3.8) is 0 Å².